The molecule has 0 aromatic heterocycles. The second-order valence-electron chi connectivity index (χ2n) is 3.39. The Balaban J connectivity index is 2.44. The Morgan fingerprint density at radius 1 is 1.58 bits per heavy atom. The maximum Gasteiger partial charge on any atom is 0.108 e. The van der Waals surface area contributed by atoms with E-state index in [9.17, 15) is 0 Å². The zero-order valence-corrected chi connectivity index (χ0v) is 7.75. The summed E-state index contributed by atoms with van der Waals surface area (Å²) >= 11 is 0. The number of aliphatic hydroxyl groups is 1. The smallest absolute Gasteiger partial charge is 0.108 e. The van der Waals surface area contributed by atoms with Crippen LogP contribution in [0, 0.1) is 0 Å². The molecule has 2 nitrogen and oxygen atoms in total. The van der Waals surface area contributed by atoms with E-state index in [-0.39, 0.29) is 12.2 Å². The maximum atomic E-state index is 8.73. The van der Waals surface area contributed by atoms with Crippen molar-refractivity contribution >= 4 is 0 Å². The summed E-state index contributed by atoms with van der Waals surface area (Å²) in [5.41, 5.74) is 0.0253. The molecule has 1 aliphatic heterocycles. The zero-order chi connectivity index (χ0) is 8.86. The Kier molecular flexibility index (Phi) is 3.60. The van der Waals surface area contributed by atoms with Gasteiger partial charge in [-0.25, -0.2) is 0 Å². The monoisotopic (exact) mass is 170 g/mol. The van der Waals surface area contributed by atoms with Gasteiger partial charge < -0.3 is 9.84 Å². The van der Waals surface area contributed by atoms with Crippen LogP contribution >= 0.6 is 0 Å². The van der Waals surface area contributed by atoms with Gasteiger partial charge in [-0.2, -0.15) is 0 Å². The summed E-state index contributed by atoms with van der Waals surface area (Å²) in [7, 11) is 0. The van der Waals surface area contributed by atoms with Crippen LogP contribution in [0.4, 0.5) is 0 Å². The fourth-order valence-corrected chi connectivity index (χ4v) is 1.69. The lowest BCUT2D eigenvalue weighted by molar-refractivity contribution is -0.0112. The van der Waals surface area contributed by atoms with Crippen LogP contribution in [0.15, 0.2) is 12.3 Å². The predicted molar refractivity (Wildman–Crippen MR) is 48.8 cm³/mol. The lowest BCUT2D eigenvalue weighted by Gasteiger charge is -2.34. The molecule has 0 saturated heterocycles. The van der Waals surface area contributed by atoms with Crippen molar-refractivity contribution in [2.45, 2.75) is 44.6 Å². The van der Waals surface area contributed by atoms with Crippen molar-refractivity contribution in [2.75, 3.05) is 6.61 Å². The van der Waals surface area contributed by atoms with Crippen LogP contribution < -0.4 is 0 Å². The fourth-order valence-electron chi connectivity index (χ4n) is 1.69. The van der Waals surface area contributed by atoms with Gasteiger partial charge in [-0.1, -0.05) is 6.92 Å². The summed E-state index contributed by atoms with van der Waals surface area (Å²) in [6.07, 6.45) is 8.94. The second-order valence-corrected chi connectivity index (χ2v) is 3.39. The van der Waals surface area contributed by atoms with Gasteiger partial charge in [-0.05, 0) is 38.2 Å². The highest BCUT2D eigenvalue weighted by molar-refractivity contribution is 4.91. The average Bonchev–Trinajstić information content (AvgIpc) is 2.16. The van der Waals surface area contributed by atoms with Gasteiger partial charge in [0.15, 0.2) is 0 Å². The molecular weight excluding hydrogens is 152 g/mol. The third-order valence-corrected chi connectivity index (χ3v) is 2.62. The van der Waals surface area contributed by atoms with Crippen molar-refractivity contribution in [1.82, 2.24) is 0 Å². The molecule has 0 aromatic carbocycles. The molecule has 1 rings (SSSR count). The molecule has 12 heavy (non-hydrogen) atoms. The molecule has 0 spiro atoms. The predicted octanol–water partition coefficient (Wildman–Crippen LogP) is 2.23. The van der Waals surface area contributed by atoms with Crippen molar-refractivity contribution in [3.63, 3.8) is 0 Å². The Labute approximate surface area is 74.2 Å². The number of rotatable bonds is 4. The summed E-state index contributed by atoms with van der Waals surface area (Å²) < 4.78 is 5.63. The van der Waals surface area contributed by atoms with Crippen LogP contribution in [0.2, 0.25) is 0 Å². The highest BCUT2D eigenvalue weighted by Crippen LogP contribution is 2.31. The minimum Gasteiger partial charge on any atom is -0.495 e. The van der Waals surface area contributed by atoms with Crippen LogP contribution in [0.1, 0.15) is 39.0 Å². The largest absolute Gasteiger partial charge is 0.495 e. The lowest BCUT2D eigenvalue weighted by atomic mass is 9.88. The molecule has 0 bridgehead atoms. The van der Waals surface area contributed by atoms with E-state index in [2.05, 4.69) is 13.0 Å². The minimum absolute atomic E-state index is 0.0253. The highest BCUT2D eigenvalue weighted by Gasteiger charge is 2.29. The van der Waals surface area contributed by atoms with E-state index in [0.29, 0.717) is 0 Å². The molecular formula is C10H18O2. The summed E-state index contributed by atoms with van der Waals surface area (Å²) in [6.45, 7) is 2.42. The summed E-state index contributed by atoms with van der Waals surface area (Å²) in [5.74, 6) is 0. The highest BCUT2D eigenvalue weighted by atomic mass is 16.5. The zero-order valence-electron chi connectivity index (χ0n) is 7.75. The topological polar surface area (TPSA) is 29.5 Å². The van der Waals surface area contributed by atoms with Gasteiger partial charge in [0.1, 0.15) is 5.60 Å². The Morgan fingerprint density at radius 2 is 2.42 bits per heavy atom. The van der Waals surface area contributed by atoms with Crippen molar-refractivity contribution in [1.29, 1.82) is 0 Å². The van der Waals surface area contributed by atoms with Crippen LogP contribution in [-0.4, -0.2) is 17.3 Å². The van der Waals surface area contributed by atoms with E-state index in [0.717, 1.165) is 32.1 Å². The van der Waals surface area contributed by atoms with E-state index in [1.54, 1.807) is 0 Å². The van der Waals surface area contributed by atoms with Gasteiger partial charge in [0.2, 0.25) is 0 Å². The van der Waals surface area contributed by atoms with Gasteiger partial charge in [-0.15, -0.1) is 0 Å². The van der Waals surface area contributed by atoms with Crippen LogP contribution in [0.5, 0.6) is 0 Å². The molecule has 0 fully saturated rings. The summed E-state index contributed by atoms with van der Waals surface area (Å²) in [5, 5.41) is 8.73. The van der Waals surface area contributed by atoms with Crippen LogP contribution in [0.3, 0.4) is 0 Å². The van der Waals surface area contributed by atoms with E-state index in [4.69, 9.17) is 9.84 Å². The van der Waals surface area contributed by atoms with Crippen LogP contribution in [-0.2, 0) is 4.74 Å². The quantitative estimate of drug-likeness (QED) is 0.701. The summed E-state index contributed by atoms with van der Waals surface area (Å²) in [6, 6.07) is 0. The Bertz CT molecular complexity index is 154. The number of aliphatic hydroxyl groups excluding tert-OH is 1. The summed E-state index contributed by atoms with van der Waals surface area (Å²) in [4.78, 5) is 0. The first kappa shape index (κ1) is 9.59. The first-order chi connectivity index (χ1) is 5.83. The molecule has 1 atom stereocenters. The van der Waals surface area contributed by atoms with Gasteiger partial charge in [0.05, 0.1) is 6.26 Å². The van der Waals surface area contributed by atoms with Crippen molar-refractivity contribution < 1.29 is 9.84 Å². The molecule has 0 aromatic rings. The number of allylic oxidation sites excluding steroid dienone is 1. The third kappa shape index (κ3) is 2.24. The number of hydrogen-bond donors (Lipinski definition) is 1. The Hall–Kier alpha value is -0.500. The van der Waals surface area contributed by atoms with Crippen molar-refractivity contribution in [3.05, 3.63) is 12.3 Å². The maximum absolute atomic E-state index is 8.73. The number of ether oxygens (including phenoxy) is 1. The fraction of sp³-hybridized carbons (Fsp3) is 0.800. The molecule has 1 aliphatic rings. The van der Waals surface area contributed by atoms with E-state index >= 15 is 0 Å². The first-order valence-corrected chi connectivity index (χ1v) is 4.77. The molecule has 2 heteroatoms. The number of hydrogen-bond acceptors (Lipinski definition) is 2. The molecule has 1 N–H and O–H groups in total. The first-order valence-electron chi connectivity index (χ1n) is 4.77. The van der Waals surface area contributed by atoms with Gasteiger partial charge in [0, 0.05) is 6.61 Å². The van der Waals surface area contributed by atoms with Gasteiger partial charge in [-0.3, -0.25) is 0 Å². The second kappa shape index (κ2) is 4.51. The Morgan fingerprint density at radius 3 is 2.92 bits per heavy atom. The molecule has 0 amide bonds. The van der Waals surface area contributed by atoms with E-state index in [1.807, 2.05) is 6.26 Å². The molecule has 1 unspecified atom stereocenters. The minimum atomic E-state index is 0.0253. The normalized spacial score (nSPS) is 28.5. The van der Waals surface area contributed by atoms with Crippen LogP contribution in [0.25, 0.3) is 0 Å². The van der Waals surface area contributed by atoms with Crippen molar-refractivity contribution in [3.8, 4) is 0 Å². The molecule has 1 heterocycles. The standard InChI is InChI=1S/C10H18O2/c1-2-10(7-5-8-11)6-3-4-9-12-10/h4,9,11H,2-3,5-8H2,1H3. The molecule has 0 radical (unpaired) electrons. The molecule has 0 aliphatic carbocycles. The molecule has 0 saturated carbocycles. The van der Waals surface area contributed by atoms with Gasteiger partial charge in [0.25, 0.3) is 0 Å². The third-order valence-electron chi connectivity index (χ3n) is 2.62. The lowest BCUT2D eigenvalue weighted by Crippen LogP contribution is -2.31. The van der Waals surface area contributed by atoms with Crippen molar-refractivity contribution in [2.24, 2.45) is 0 Å². The average molecular weight is 170 g/mol. The van der Waals surface area contributed by atoms with E-state index in [1.165, 1.54) is 0 Å². The SMILES string of the molecule is CCC1(CCCO)CCC=CO1. The van der Waals surface area contributed by atoms with Gasteiger partial charge >= 0.3 is 0 Å². The van der Waals surface area contributed by atoms with E-state index < -0.39 is 0 Å². The molecule has 70 valence electrons.